The number of hydrogen-bond donors (Lipinski definition) is 2. The first-order valence-corrected chi connectivity index (χ1v) is 10.4. The number of carboxylic acid groups (broad SMARTS) is 1. The molecule has 4 heterocycles. The lowest BCUT2D eigenvalue weighted by Gasteiger charge is -2.51. The van der Waals surface area contributed by atoms with Gasteiger partial charge in [0.25, 0.3) is 5.97 Å². The second-order valence-corrected chi connectivity index (χ2v) is 9.60. The molecule has 4 aliphatic heterocycles. The minimum absolute atomic E-state index is 0.0517. The number of fused-ring (bicyclic) bond motifs is 2. The monoisotopic (exact) mass is 411 g/mol. The highest BCUT2D eigenvalue weighted by Gasteiger charge is 2.51. The molecule has 29 heavy (non-hydrogen) atoms. The summed E-state index contributed by atoms with van der Waals surface area (Å²) in [5, 5.41) is 11.0. The molecule has 2 amide bonds. The van der Waals surface area contributed by atoms with Crippen LogP contribution in [0.4, 0.5) is 9.59 Å². The van der Waals surface area contributed by atoms with Gasteiger partial charge < -0.3 is 29.7 Å². The Balaban J connectivity index is 0.000000552. The second kappa shape index (κ2) is 8.01. The standard InChI is InChI=1S/C18H29N3O4.C2H4O2/c1-17(2,3)24-15(22)20-10-14(11-20)21-7-6-18(25-16(21)23)8-12-4-5-13(9-18)19-12;1-2(3)4/h12-14,19H,4-11H2,1-3H3;1H3,(H,3,4)/t12-,13+,18?;. The maximum Gasteiger partial charge on any atom is 0.410 e. The molecule has 0 saturated carbocycles. The van der Waals surface area contributed by atoms with Crippen LogP contribution in [-0.2, 0) is 14.3 Å². The Morgan fingerprint density at radius 1 is 1.21 bits per heavy atom. The lowest BCUT2D eigenvalue weighted by molar-refractivity contribution is -0.134. The quantitative estimate of drug-likeness (QED) is 0.681. The van der Waals surface area contributed by atoms with Gasteiger partial charge in [0.2, 0.25) is 0 Å². The zero-order chi connectivity index (χ0) is 21.4. The number of hydrogen-bond acceptors (Lipinski definition) is 6. The van der Waals surface area contributed by atoms with Crippen LogP contribution in [0.2, 0.25) is 0 Å². The first-order chi connectivity index (χ1) is 13.5. The molecule has 4 saturated heterocycles. The Hall–Kier alpha value is -2.03. The summed E-state index contributed by atoms with van der Waals surface area (Å²) in [5.74, 6) is -0.833. The first-order valence-electron chi connectivity index (χ1n) is 10.4. The van der Waals surface area contributed by atoms with Crippen LogP contribution in [0, 0.1) is 0 Å². The average molecular weight is 411 g/mol. The fraction of sp³-hybridized carbons (Fsp3) is 0.850. The average Bonchev–Trinajstić information content (AvgIpc) is 2.85. The van der Waals surface area contributed by atoms with Crippen LogP contribution in [0.1, 0.15) is 59.8 Å². The van der Waals surface area contributed by atoms with Gasteiger partial charge in [-0.25, -0.2) is 9.59 Å². The topological polar surface area (TPSA) is 108 Å². The zero-order valence-electron chi connectivity index (χ0n) is 17.8. The number of amides is 2. The first kappa shape index (κ1) is 21.7. The van der Waals surface area contributed by atoms with Crippen LogP contribution in [-0.4, -0.2) is 82.0 Å². The van der Waals surface area contributed by atoms with Gasteiger partial charge in [-0.1, -0.05) is 0 Å². The smallest absolute Gasteiger partial charge is 0.410 e. The van der Waals surface area contributed by atoms with Gasteiger partial charge in [0.15, 0.2) is 0 Å². The number of aliphatic carboxylic acids is 1. The summed E-state index contributed by atoms with van der Waals surface area (Å²) in [6, 6.07) is 1.06. The van der Waals surface area contributed by atoms with Crippen LogP contribution >= 0.6 is 0 Å². The third-order valence-electron chi connectivity index (χ3n) is 5.87. The molecule has 4 aliphatic rings. The Morgan fingerprint density at radius 3 is 2.24 bits per heavy atom. The zero-order valence-corrected chi connectivity index (χ0v) is 17.8. The second-order valence-electron chi connectivity index (χ2n) is 9.60. The summed E-state index contributed by atoms with van der Waals surface area (Å²) in [4.78, 5) is 37.1. The minimum Gasteiger partial charge on any atom is -0.481 e. The van der Waals surface area contributed by atoms with Crippen molar-refractivity contribution in [1.29, 1.82) is 0 Å². The van der Waals surface area contributed by atoms with E-state index in [2.05, 4.69) is 5.32 Å². The lowest BCUT2D eigenvalue weighted by Crippen LogP contribution is -2.66. The van der Waals surface area contributed by atoms with E-state index in [-0.39, 0.29) is 23.8 Å². The van der Waals surface area contributed by atoms with Crippen molar-refractivity contribution in [1.82, 2.24) is 15.1 Å². The Bertz CT molecular complexity index is 639. The molecular weight excluding hydrogens is 378 g/mol. The van der Waals surface area contributed by atoms with E-state index < -0.39 is 11.6 Å². The summed E-state index contributed by atoms with van der Waals surface area (Å²) in [6.07, 6.45) is 4.66. The molecule has 0 aliphatic carbocycles. The third kappa shape index (κ3) is 5.32. The molecule has 0 aromatic carbocycles. The summed E-state index contributed by atoms with van der Waals surface area (Å²) in [6.45, 7) is 8.44. The van der Waals surface area contributed by atoms with E-state index in [9.17, 15) is 9.59 Å². The minimum atomic E-state index is -0.833. The van der Waals surface area contributed by atoms with E-state index in [1.54, 1.807) is 9.80 Å². The van der Waals surface area contributed by atoms with Gasteiger partial charge in [0.05, 0.1) is 6.04 Å². The Labute approximate surface area is 171 Å². The third-order valence-corrected chi connectivity index (χ3v) is 5.87. The molecule has 9 heteroatoms. The number of nitrogens with zero attached hydrogens (tertiary/aromatic N) is 2. The molecule has 164 valence electrons. The van der Waals surface area contributed by atoms with Gasteiger partial charge in [0.1, 0.15) is 11.2 Å². The molecule has 4 rings (SSSR count). The molecule has 0 aromatic heterocycles. The van der Waals surface area contributed by atoms with E-state index in [4.69, 9.17) is 19.4 Å². The van der Waals surface area contributed by atoms with Gasteiger partial charge >= 0.3 is 12.2 Å². The van der Waals surface area contributed by atoms with Crippen molar-refractivity contribution in [2.75, 3.05) is 19.6 Å². The van der Waals surface area contributed by atoms with Gasteiger partial charge in [-0.2, -0.15) is 0 Å². The highest BCUT2D eigenvalue weighted by Crippen LogP contribution is 2.41. The normalized spacial score (nSPS) is 31.5. The van der Waals surface area contributed by atoms with Crippen molar-refractivity contribution in [3.8, 4) is 0 Å². The summed E-state index contributed by atoms with van der Waals surface area (Å²) >= 11 is 0. The van der Waals surface area contributed by atoms with Crippen LogP contribution in [0.3, 0.4) is 0 Å². The molecular formula is C20H33N3O6. The number of piperidine rings is 1. The molecule has 2 bridgehead atoms. The van der Waals surface area contributed by atoms with Crippen molar-refractivity contribution < 1.29 is 29.0 Å². The molecule has 9 nitrogen and oxygen atoms in total. The SMILES string of the molecule is CC(=O)O.CC(C)(C)OC(=O)N1CC(N2CCC3(C[C@H]4CC[C@@H](C3)N4)OC2=O)C1. The van der Waals surface area contributed by atoms with Gasteiger partial charge in [-0.15, -0.1) is 0 Å². The van der Waals surface area contributed by atoms with Crippen molar-refractivity contribution in [2.24, 2.45) is 0 Å². The molecule has 2 N–H and O–H groups in total. The van der Waals surface area contributed by atoms with Gasteiger partial charge in [0, 0.05) is 57.9 Å². The number of carbonyl (C=O) groups excluding carboxylic acids is 2. The van der Waals surface area contributed by atoms with E-state index in [1.165, 1.54) is 12.8 Å². The molecule has 0 aromatic rings. The number of ether oxygens (including phenoxy) is 2. The molecule has 1 unspecified atom stereocenters. The summed E-state index contributed by atoms with van der Waals surface area (Å²) in [5.41, 5.74) is -0.758. The van der Waals surface area contributed by atoms with Gasteiger partial charge in [-0.05, 0) is 33.6 Å². The maximum absolute atomic E-state index is 12.6. The van der Waals surface area contributed by atoms with Crippen LogP contribution in [0.25, 0.3) is 0 Å². The lowest BCUT2D eigenvalue weighted by atomic mass is 9.83. The van der Waals surface area contributed by atoms with E-state index in [1.807, 2.05) is 20.8 Å². The van der Waals surface area contributed by atoms with E-state index in [0.717, 1.165) is 32.7 Å². The van der Waals surface area contributed by atoms with Crippen molar-refractivity contribution in [3.63, 3.8) is 0 Å². The van der Waals surface area contributed by atoms with Crippen LogP contribution in [0.15, 0.2) is 0 Å². The number of carbonyl (C=O) groups is 3. The predicted octanol–water partition coefficient (Wildman–Crippen LogP) is 2.19. The molecule has 0 radical (unpaired) electrons. The Morgan fingerprint density at radius 2 is 1.76 bits per heavy atom. The molecule has 4 fully saturated rings. The number of rotatable bonds is 1. The van der Waals surface area contributed by atoms with E-state index in [0.29, 0.717) is 25.2 Å². The highest BCUT2D eigenvalue weighted by molar-refractivity contribution is 5.72. The largest absolute Gasteiger partial charge is 0.481 e. The Kier molecular flexibility index (Phi) is 5.98. The fourth-order valence-corrected chi connectivity index (χ4v) is 4.66. The number of nitrogens with one attached hydrogen (secondary N) is 1. The molecule has 3 atom stereocenters. The summed E-state index contributed by atoms with van der Waals surface area (Å²) in [7, 11) is 0. The van der Waals surface area contributed by atoms with E-state index >= 15 is 0 Å². The maximum atomic E-state index is 12.6. The van der Waals surface area contributed by atoms with Gasteiger partial charge in [-0.3, -0.25) is 4.79 Å². The number of carboxylic acids is 1. The highest BCUT2D eigenvalue weighted by atomic mass is 16.6. The predicted molar refractivity (Wildman–Crippen MR) is 105 cm³/mol. The number of likely N-dealkylation sites (tertiary alicyclic amines) is 1. The van der Waals surface area contributed by atoms with Crippen molar-refractivity contribution >= 4 is 18.2 Å². The summed E-state index contributed by atoms with van der Waals surface area (Å²) < 4.78 is 11.3. The van der Waals surface area contributed by atoms with Crippen molar-refractivity contribution in [2.45, 2.75) is 89.1 Å². The fourth-order valence-electron chi connectivity index (χ4n) is 4.66. The van der Waals surface area contributed by atoms with Crippen LogP contribution in [0.5, 0.6) is 0 Å². The van der Waals surface area contributed by atoms with Crippen LogP contribution < -0.4 is 5.32 Å². The molecule has 1 spiro atoms. The van der Waals surface area contributed by atoms with Crippen molar-refractivity contribution in [3.05, 3.63) is 0 Å².